The summed E-state index contributed by atoms with van der Waals surface area (Å²) in [6.07, 6.45) is 0. The quantitative estimate of drug-likeness (QED) is 0.207. The molecule has 1 heteroatoms. The van der Waals surface area contributed by atoms with Crippen LogP contribution < -0.4 is 0 Å². The van der Waals surface area contributed by atoms with E-state index in [0.717, 1.165) is 0 Å². The third-order valence-electron chi connectivity index (χ3n) is 7.91. The first kappa shape index (κ1) is 21.6. The Morgan fingerprint density at radius 1 is 0.421 bits per heavy atom. The molecule has 0 aliphatic rings. The van der Waals surface area contributed by atoms with Gasteiger partial charge < -0.3 is 0 Å². The van der Waals surface area contributed by atoms with Crippen LogP contribution in [0.4, 0.5) is 0 Å². The number of aryl methyl sites for hydroxylation is 1. The van der Waals surface area contributed by atoms with Crippen LogP contribution in [0, 0.1) is 6.92 Å². The molecule has 8 aromatic rings. The van der Waals surface area contributed by atoms with Crippen LogP contribution in [0.5, 0.6) is 0 Å². The van der Waals surface area contributed by atoms with Gasteiger partial charge in [0.15, 0.2) is 0 Å². The summed E-state index contributed by atoms with van der Waals surface area (Å²) in [5.41, 5.74) is 6.53. The average molecular weight is 501 g/mol. The Balaban J connectivity index is 1.60. The molecule has 0 bridgehead atoms. The largest absolute Gasteiger partial charge is 0.135 e. The van der Waals surface area contributed by atoms with Gasteiger partial charge in [0.2, 0.25) is 0 Å². The third kappa shape index (κ3) is 3.09. The lowest BCUT2D eigenvalue weighted by atomic mass is 9.83. The first-order valence-corrected chi connectivity index (χ1v) is 13.9. The molecule has 8 rings (SSSR count). The maximum Gasteiger partial charge on any atom is 0.0361 e. The van der Waals surface area contributed by atoms with Gasteiger partial charge in [0.1, 0.15) is 0 Å². The summed E-state index contributed by atoms with van der Waals surface area (Å²) in [5.74, 6) is 0. The normalized spacial score (nSPS) is 11.8. The van der Waals surface area contributed by atoms with E-state index in [1.54, 1.807) is 0 Å². The number of benzene rings is 7. The maximum atomic E-state index is 2.39. The van der Waals surface area contributed by atoms with Crippen LogP contribution in [0.3, 0.4) is 0 Å². The van der Waals surface area contributed by atoms with Crippen molar-refractivity contribution >= 4 is 63.8 Å². The minimum Gasteiger partial charge on any atom is -0.135 e. The Kier molecular flexibility index (Phi) is 4.71. The summed E-state index contributed by atoms with van der Waals surface area (Å²) in [7, 11) is 0. The van der Waals surface area contributed by atoms with Gasteiger partial charge in [0.05, 0.1) is 0 Å². The van der Waals surface area contributed by atoms with Crippen LogP contribution in [0.1, 0.15) is 5.56 Å². The highest BCUT2D eigenvalue weighted by atomic mass is 32.1. The van der Waals surface area contributed by atoms with Crippen molar-refractivity contribution in [1.29, 1.82) is 0 Å². The van der Waals surface area contributed by atoms with E-state index >= 15 is 0 Å². The lowest BCUT2D eigenvalue weighted by Crippen LogP contribution is -1.92. The van der Waals surface area contributed by atoms with Gasteiger partial charge in [-0.1, -0.05) is 121 Å². The van der Waals surface area contributed by atoms with E-state index in [9.17, 15) is 0 Å². The van der Waals surface area contributed by atoms with Gasteiger partial charge in [-0.25, -0.2) is 0 Å². The molecule has 178 valence electrons. The number of hydrogen-bond acceptors (Lipinski definition) is 1. The van der Waals surface area contributed by atoms with Gasteiger partial charge in [-0.2, -0.15) is 0 Å². The Bertz CT molecular complexity index is 2190. The first-order valence-electron chi connectivity index (χ1n) is 13.1. The molecule has 0 N–H and O–H groups in total. The van der Waals surface area contributed by atoms with Crippen molar-refractivity contribution in [2.45, 2.75) is 6.92 Å². The Labute approximate surface area is 225 Å². The van der Waals surface area contributed by atoms with Gasteiger partial charge in [0, 0.05) is 20.2 Å². The van der Waals surface area contributed by atoms with E-state index in [1.807, 2.05) is 11.3 Å². The molecule has 0 spiro atoms. The highest BCUT2D eigenvalue weighted by molar-refractivity contribution is 7.25. The summed E-state index contributed by atoms with van der Waals surface area (Å²) >= 11 is 1.89. The van der Waals surface area contributed by atoms with Crippen molar-refractivity contribution in [1.82, 2.24) is 0 Å². The molecular formula is C37H24S. The molecule has 0 amide bonds. The second-order valence-electron chi connectivity index (χ2n) is 10.1. The second-order valence-corrected chi connectivity index (χ2v) is 11.2. The molecule has 0 unspecified atom stereocenters. The van der Waals surface area contributed by atoms with Crippen molar-refractivity contribution in [3.8, 4) is 22.3 Å². The SMILES string of the molecule is Cc1ccc2c(-c3cccc4ccccc34)c3ccccc3c(-c3cccc4sc5ccccc5c34)c2c1. The molecule has 0 fully saturated rings. The minimum absolute atomic E-state index is 1.27. The van der Waals surface area contributed by atoms with Crippen molar-refractivity contribution in [2.75, 3.05) is 0 Å². The Morgan fingerprint density at radius 2 is 1.00 bits per heavy atom. The predicted octanol–water partition coefficient (Wildman–Crippen LogP) is 11.2. The van der Waals surface area contributed by atoms with E-state index in [2.05, 4.69) is 134 Å². The van der Waals surface area contributed by atoms with Crippen molar-refractivity contribution in [3.63, 3.8) is 0 Å². The monoisotopic (exact) mass is 500 g/mol. The molecular weight excluding hydrogens is 476 g/mol. The number of thiophene rings is 1. The van der Waals surface area contributed by atoms with Gasteiger partial charge >= 0.3 is 0 Å². The molecule has 38 heavy (non-hydrogen) atoms. The van der Waals surface area contributed by atoms with Crippen molar-refractivity contribution in [3.05, 3.63) is 133 Å². The van der Waals surface area contributed by atoms with Gasteiger partial charge in [-0.3, -0.25) is 0 Å². The maximum absolute atomic E-state index is 2.39. The summed E-state index contributed by atoms with van der Waals surface area (Å²) in [6, 6.07) is 47.0. The molecule has 0 aliphatic heterocycles. The third-order valence-corrected chi connectivity index (χ3v) is 9.05. The van der Waals surface area contributed by atoms with Crippen LogP contribution in [0.2, 0.25) is 0 Å². The number of rotatable bonds is 2. The van der Waals surface area contributed by atoms with E-state index in [1.165, 1.54) is 80.3 Å². The summed E-state index contributed by atoms with van der Waals surface area (Å²) < 4.78 is 2.68. The molecule has 0 aliphatic carbocycles. The predicted molar refractivity (Wildman–Crippen MR) is 167 cm³/mol. The lowest BCUT2D eigenvalue weighted by Gasteiger charge is -2.20. The van der Waals surface area contributed by atoms with Gasteiger partial charge in [-0.15, -0.1) is 11.3 Å². The van der Waals surface area contributed by atoms with Crippen molar-refractivity contribution < 1.29 is 0 Å². The van der Waals surface area contributed by atoms with Crippen LogP contribution in [-0.4, -0.2) is 0 Å². The smallest absolute Gasteiger partial charge is 0.0361 e. The van der Waals surface area contributed by atoms with Gasteiger partial charge in [-0.05, 0) is 73.6 Å². The molecule has 0 radical (unpaired) electrons. The fraction of sp³-hybridized carbons (Fsp3) is 0.0270. The first-order chi connectivity index (χ1) is 18.8. The second kappa shape index (κ2) is 8.28. The van der Waals surface area contributed by atoms with Crippen LogP contribution in [-0.2, 0) is 0 Å². The topological polar surface area (TPSA) is 0 Å². The van der Waals surface area contributed by atoms with E-state index < -0.39 is 0 Å². The fourth-order valence-electron chi connectivity index (χ4n) is 6.30. The van der Waals surface area contributed by atoms with Gasteiger partial charge in [0.25, 0.3) is 0 Å². The summed E-state index contributed by atoms with van der Waals surface area (Å²) in [5, 5.41) is 10.5. The molecule has 1 heterocycles. The van der Waals surface area contributed by atoms with Crippen molar-refractivity contribution in [2.24, 2.45) is 0 Å². The zero-order valence-corrected chi connectivity index (χ0v) is 21.8. The van der Waals surface area contributed by atoms with Crippen LogP contribution in [0.25, 0.3) is 74.7 Å². The zero-order chi connectivity index (χ0) is 25.2. The summed E-state index contributed by atoms with van der Waals surface area (Å²) in [4.78, 5) is 0. The zero-order valence-electron chi connectivity index (χ0n) is 21.0. The van der Waals surface area contributed by atoms with E-state index in [-0.39, 0.29) is 0 Å². The standard InChI is InChI=1S/C37H24S/c1-23-20-21-29-32(22-23)36(31-17-9-19-34-37(31)30-15-6-7-18-33(30)38-34)28-14-5-4-13-27(28)35(29)26-16-8-11-24-10-2-3-12-25(24)26/h2-22H,1H3. The minimum atomic E-state index is 1.27. The lowest BCUT2D eigenvalue weighted by molar-refractivity contribution is 1.51. The number of fused-ring (bicyclic) bond motifs is 6. The molecule has 0 saturated heterocycles. The van der Waals surface area contributed by atoms with Crippen LogP contribution in [0.15, 0.2) is 127 Å². The fourth-order valence-corrected chi connectivity index (χ4v) is 7.43. The molecule has 0 saturated carbocycles. The molecule has 0 nitrogen and oxygen atoms in total. The summed E-state index contributed by atoms with van der Waals surface area (Å²) in [6.45, 7) is 2.20. The molecule has 0 atom stereocenters. The van der Waals surface area contributed by atoms with E-state index in [0.29, 0.717) is 0 Å². The highest BCUT2D eigenvalue weighted by Gasteiger charge is 2.20. The van der Waals surface area contributed by atoms with E-state index in [4.69, 9.17) is 0 Å². The Morgan fingerprint density at radius 3 is 1.84 bits per heavy atom. The highest BCUT2D eigenvalue weighted by Crippen LogP contribution is 2.48. The molecule has 1 aromatic heterocycles. The Hall–Kier alpha value is -4.46. The van der Waals surface area contributed by atoms with Crippen LogP contribution >= 0.6 is 11.3 Å². The molecule has 7 aromatic carbocycles. The number of hydrogen-bond donors (Lipinski definition) is 0. The average Bonchev–Trinajstić information content (AvgIpc) is 3.35.